The Morgan fingerprint density at radius 3 is 2.83 bits per heavy atom. The Hall–Kier alpha value is -2.37. The van der Waals surface area contributed by atoms with Gasteiger partial charge in [-0.25, -0.2) is 9.97 Å². The fourth-order valence-corrected chi connectivity index (χ4v) is 1.84. The summed E-state index contributed by atoms with van der Waals surface area (Å²) >= 11 is 0. The van der Waals surface area contributed by atoms with E-state index in [1.54, 1.807) is 17.0 Å². The second-order valence-electron chi connectivity index (χ2n) is 3.95. The zero-order valence-corrected chi connectivity index (χ0v) is 10.1. The number of aromatic nitrogens is 2. The van der Waals surface area contributed by atoms with Gasteiger partial charge in [0.15, 0.2) is 0 Å². The Balaban J connectivity index is 2.54. The highest BCUT2D eigenvalue weighted by Crippen LogP contribution is 2.24. The molecule has 2 rings (SSSR count). The summed E-state index contributed by atoms with van der Waals surface area (Å²) in [5, 5.41) is 0.820. The number of benzene rings is 1. The molecule has 2 aromatic rings. The van der Waals surface area contributed by atoms with Gasteiger partial charge < -0.3 is 16.4 Å². The molecular weight excluding hydrogens is 230 g/mol. The van der Waals surface area contributed by atoms with Crippen molar-refractivity contribution in [3.8, 4) is 0 Å². The van der Waals surface area contributed by atoms with Crippen molar-refractivity contribution >= 4 is 28.3 Å². The lowest BCUT2D eigenvalue weighted by atomic mass is 10.2. The van der Waals surface area contributed by atoms with E-state index in [0.29, 0.717) is 18.1 Å². The average molecular weight is 245 g/mol. The van der Waals surface area contributed by atoms with Gasteiger partial charge in [-0.3, -0.25) is 4.79 Å². The van der Waals surface area contributed by atoms with Crippen LogP contribution in [0.25, 0.3) is 10.9 Å². The number of nitrogens with two attached hydrogens (primary N) is 2. The molecule has 0 aliphatic carbocycles. The number of hydrogen-bond donors (Lipinski definition) is 2. The molecule has 6 nitrogen and oxygen atoms in total. The molecule has 1 aromatic heterocycles. The lowest BCUT2D eigenvalue weighted by Crippen LogP contribution is -2.34. The van der Waals surface area contributed by atoms with E-state index >= 15 is 0 Å². The molecule has 4 N–H and O–H groups in total. The maximum absolute atomic E-state index is 11.1. The van der Waals surface area contributed by atoms with E-state index in [-0.39, 0.29) is 6.54 Å². The van der Waals surface area contributed by atoms with Crippen LogP contribution in [0.3, 0.4) is 0 Å². The molecule has 0 radical (unpaired) electrons. The second-order valence-corrected chi connectivity index (χ2v) is 3.95. The maximum atomic E-state index is 11.1. The molecule has 1 aromatic carbocycles. The van der Waals surface area contributed by atoms with Crippen molar-refractivity contribution < 1.29 is 4.79 Å². The summed E-state index contributed by atoms with van der Waals surface area (Å²) in [7, 11) is 0. The summed E-state index contributed by atoms with van der Waals surface area (Å²) in [6.07, 6.45) is 1.47. The van der Waals surface area contributed by atoms with Gasteiger partial charge in [0, 0.05) is 17.6 Å². The predicted molar refractivity (Wildman–Crippen MR) is 71.0 cm³/mol. The Morgan fingerprint density at radius 1 is 1.39 bits per heavy atom. The van der Waals surface area contributed by atoms with Gasteiger partial charge >= 0.3 is 0 Å². The highest BCUT2D eigenvalue weighted by molar-refractivity contribution is 5.93. The molecule has 1 amide bonds. The molecular formula is C12H15N5O. The summed E-state index contributed by atoms with van der Waals surface area (Å²) in [6.45, 7) is 2.68. The van der Waals surface area contributed by atoms with Crippen LogP contribution < -0.4 is 16.4 Å². The van der Waals surface area contributed by atoms with Crippen LogP contribution in [0.2, 0.25) is 0 Å². The van der Waals surface area contributed by atoms with Crippen molar-refractivity contribution in [3.05, 3.63) is 24.5 Å². The van der Waals surface area contributed by atoms with Crippen molar-refractivity contribution in [2.45, 2.75) is 6.92 Å². The molecule has 6 heteroatoms. The normalized spacial score (nSPS) is 10.5. The number of nitrogens with zero attached hydrogens (tertiary/aromatic N) is 3. The minimum absolute atomic E-state index is 0.122. The first-order chi connectivity index (χ1) is 8.61. The van der Waals surface area contributed by atoms with Crippen molar-refractivity contribution in [2.24, 2.45) is 5.73 Å². The number of nitrogen functional groups attached to an aromatic ring is 1. The van der Waals surface area contributed by atoms with Gasteiger partial charge in [-0.15, -0.1) is 0 Å². The van der Waals surface area contributed by atoms with Crippen LogP contribution in [-0.4, -0.2) is 29.0 Å². The van der Waals surface area contributed by atoms with Gasteiger partial charge in [-0.2, -0.15) is 0 Å². The van der Waals surface area contributed by atoms with E-state index < -0.39 is 5.91 Å². The Morgan fingerprint density at radius 2 is 2.17 bits per heavy atom. The quantitative estimate of drug-likeness (QED) is 0.765. The fourth-order valence-electron chi connectivity index (χ4n) is 1.84. The number of carbonyl (C=O) groups excluding carboxylic acids is 1. The Bertz CT molecular complexity index is 584. The third-order valence-electron chi connectivity index (χ3n) is 2.67. The van der Waals surface area contributed by atoms with Gasteiger partial charge in [-0.05, 0) is 25.1 Å². The zero-order chi connectivity index (χ0) is 13.1. The van der Waals surface area contributed by atoms with Gasteiger partial charge in [-0.1, -0.05) is 0 Å². The highest BCUT2D eigenvalue weighted by Gasteiger charge is 2.12. The first kappa shape index (κ1) is 12.1. The third kappa shape index (κ3) is 2.32. The monoisotopic (exact) mass is 245 g/mol. The molecule has 0 bridgehead atoms. The standard InChI is InChI=1S/C12H15N5O/c1-2-17(6-11(14)18)12-9-5-8(13)3-4-10(9)15-7-16-12/h3-5,7H,2,6,13H2,1H3,(H2,14,18). The van der Waals surface area contributed by atoms with E-state index in [1.807, 2.05) is 13.0 Å². The largest absolute Gasteiger partial charge is 0.399 e. The summed E-state index contributed by atoms with van der Waals surface area (Å²) in [5.41, 5.74) is 12.4. The molecule has 0 saturated heterocycles. The number of fused-ring (bicyclic) bond motifs is 1. The number of likely N-dealkylation sites (N-methyl/N-ethyl adjacent to an activating group) is 1. The first-order valence-electron chi connectivity index (χ1n) is 5.65. The van der Waals surface area contributed by atoms with Crippen LogP contribution >= 0.6 is 0 Å². The van der Waals surface area contributed by atoms with Crippen LogP contribution in [0.5, 0.6) is 0 Å². The van der Waals surface area contributed by atoms with Crippen LogP contribution in [-0.2, 0) is 4.79 Å². The third-order valence-corrected chi connectivity index (χ3v) is 2.67. The number of amides is 1. The van der Waals surface area contributed by atoms with Gasteiger partial charge in [0.1, 0.15) is 12.1 Å². The number of carbonyl (C=O) groups is 1. The number of rotatable bonds is 4. The number of hydrogen-bond acceptors (Lipinski definition) is 5. The smallest absolute Gasteiger partial charge is 0.236 e. The SMILES string of the molecule is CCN(CC(N)=O)c1ncnc2ccc(N)cc12. The summed E-state index contributed by atoms with van der Waals surface area (Å²) < 4.78 is 0. The van der Waals surface area contributed by atoms with Crippen molar-refractivity contribution in [2.75, 3.05) is 23.7 Å². The van der Waals surface area contributed by atoms with E-state index in [0.717, 1.165) is 10.9 Å². The van der Waals surface area contributed by atoms with E-state index in [2.05, 4.69) is 9.97 Å². The predicted octanol–water partition coefficient (Wildman–Crippen LogP) is 0.524. The van der Waals surface area contributed by atoms with Gasteiger partial charge in [0.2, 0.25) is 5.91 Å². The zero-order valence-electron chi connectivity index (χ0n) is 10.1. The van der Waals surface area contributed by atoms with Crippen LogP contribution in [0, 0.1) is 0 Å². The van der Waals surface area contributed by atoms with Crippen LogP contribution in [0.4, 0.5) is 11.5 Å². The number of primary amides is 1. The van der Waals surface area contributed by atoms with Crippen LogP contribution in [0.1, 0.15) is 6.92 Å². The topological polar surface area (TPSA) is 98.1 Å². The second kappa shape index (κ2) is 4.87. The molecule has 0 unspecified atom stereocenters. The average Bonchev–Trinajstić information content (AvgIpc) is 2.35. The van der Waals surface area contributed by atoms with Crippen LogP contribution in [0.15, 0.2) is 24.5 Å². The molecule has 0 saturated carbocycles. The molecule has 0 aliphatic heterocycles. The van der Waals surface area contributed by atoms with E-state index in [9.17, 15) is 4.79 Å². The molecule has 0 atom stereocenters. The van der Waals surface area contributed by atoms with Gasteiger partial charge in [0.05, 0.1) is 12.1 Å². The number of anilines is 2. The minimum Gasteiger partial charge on any atom is -0.399 e. The summed E-state index contributed by atoms with van der Waals surface area (Å²) in [4.78, 5) is 21.2. The van der Waals surface area contributed by atoms with E-state index in [4.69, 9.17) is 11.5 Å². The summed E-state index contributed by atoms with van der Waals surface area (Å²) in [5.74, 6) is 0.279. The van der Waals surface area contributed by atoms with Crippen molar-refractivity contribution in [3.63, 3.8) is 0 Å². The van der Waals surface area contributed by atoms with Crippen molar-refractivity contribution in [1.82, 2.24) is 9.97 Å². The van der Waals surface area contributed by atoms with Gasteiger partial charge in [0.25, 0.3) is 0 Å². The molecule has 94 valence electrons. The minimum atomic E-state index is -0.396. The fraction of sp³-hybridized carbons (Fsp3) is 0.250. The molecule has 0 fully saturated rings. The van der Waals surface area contributed by atoms with Crippen molar-refractivity contribution in [1.29, 1.82) is 0 Å². The molecule has 0 aliphatic rings. The molecule has 1 heterocycles. The Kier molecular flexibility index (Phi) is 3.27. The van der Waals surface area contributed by atoms with E-state index in [1.165, 1.54) is 6.33 Å². The lowest BCUT2D eigenvalue weighted by Gasteiger charge is -2.21. The Labute approximate surface area is 105 Å². The highest BCUT2D eigenvalue weighted by atomic mass is 16.1. The maximum Gasteiger partial charge on any atom is 0.236 e. The first-order valence-corrected chi connectivity index (χ1v) is 5.65. The molecule has 18 heavy (non-hydrogen) atoms. The molecule has 0 spiro atoms. The lowest BCUT2D eigenvalue weighted by molar-refractivity contribution is -0.116. The summed E-state index contributed by atoms with van der Waals surface area (Å²) in [6, 6.07) is 5.41.